The summed E-state index contributed by atoms with van der Waals surface area (Å²) in [6.07, 6.45) is 4.29. The normalized spacial score (nSPS) is 10.2. The van der Waals surface area contributed by atoms with Crippen LogP contribution >= 0.6 is 0 Å². The number of hydrogen-bond donors (Lipinski definition) is 3. The highest BCUT2D eigenvalue weighted by molar-refractivity contribution is 6.00. The largest absolute Gasteiger partial charge is 0.352 e. The van der Waals surface area contributed by atoms with Gasteiger partial charge in [-0.1, -0.05) is 32.4 Å². The van der Waals surface area contributed by atoms with Gasteiger partial charge in [0.25, 0.3) is 5.91 Å². The molecule has 138 valence electrons. The van der Waals surface area contributed by atoms with Gasteiger partial charge in [0.15, 0.2) is 0 Å². The molecule has 0 aliphatic carbocycles. The van der Waals surface area contributed by atoms with Gasteiger partial charge in [-0.25, -0.2) is 4.79 Å². The summed E-state index contributed by atoms with van der Waals surface area (Å²) in [5, 5.41) is 8.40. The molecule has 0 heterocycles. The Labute approximate surface area is 155 Å². The summed E-state index contributed by atoms with van der Waals surface area (Å²) in [7, 11) is 0. The lowest BCUT2D eigenvalue weighted by atomic mass is 10.1. The highest BCUT2D eigenvalue weighted by atomic mass is 16.2. The minimum absolute atomic E-state index is 0.106. The van der Waals surface area contributed by atoms with Gasteiger partial charge in [-0.2, -0.15) is 0 Å². The number of unbranched alkanes of at least 4 members (excludes halogenated alkanes) is 1. The summed E-state index contributed by atoms with van der Waals surface area (Å²) < 4.78 is 0. The van der Waals surface area contributed by atoms with Crippen LogP contribution in [0.5, 0.6) is 0 Å². The van der Waals surface area contributed by atoms with E-state index in [2.05, 4.69) is 22.9 Å². The number of benzene rings is 2. The zero-order chi connectivity index (χ0) is 18.8. The van der Waals surface area contributed by atoms with Crippen molar-refractivity contribution in [3.63, 3.8) is 0 Å². The number of nitrogens with one attached hydrogen (secondary N) is 3. The Morgan fingerprint density at radius 3 is 1.92 bits per heavy atom. The van der Waals surface area contributed by atoms with Crippen LogP contribution in [0.4, 0.5) is 16.2 Å². The number of amides is 3. The molecule has 0 unspecified atom stereocenters. The molecule has 0 saturated carbocycles. The van der Waals surface area contributed by atoms with E-state index in [0.717, 1.165) is 18.5 Å². The quantitative estimate of drug-likeness (QED) is 0.637. The van der Waals surface area contributed by atoms with Gasteiger partial charge in [-0.15, -0.1) is 0 Å². The molecule has 5 heteroatoms. The number of urea groups is 1. The average Bonchev–Trinajstić information content (AvgIpc) is 2.66. The first kappa shape index (κ1) is 19.5. The Hall–Kier alpha value is -2.82. The third-order valence-electron chi connectivity index (χ3n) is 3.97. The Kier molecular flexibility index (Phi) is 7.68. The van der Waals surface area contributed by atoms with Crippen molar-refractivity contribution >= 4 is 23.3 Å². The summed E-state index contributed by atoms with van der Waals surface area (Å²) in [6, 6.07) is 14.4. The number of aryl methyl sites for hydroxylation is 1. The van der Waals surface area contributed by atoms with E-state index in [-0.39, 0.29) is 11.9 Å². The predicted octanol–water partition coefficient (Wildman–Crippen LogP) is 4.81. The van der Waals surface area contributed by atoms with Gasteiger partial charge in [0.2, 0.25) is 0 Å². The zero-order valence-electron chi connectivity index (χ0n) is 15.5. The van der Waals surface area contributed by atoms with Crippen molar-refractivity contribution in [2.45, 2.75) is 39.5 Å². The highest BCUT2D eigenvalue weighted by Gasteiger charge is 2.06. The molecular formula is C21H27N3O2. The second-order valence-electron chi connectivity index (χ2n) is 6.21. The molecule has 5 nitrogen and oxygen atoms in total. The molecule has 0 atom stereocenters. The van der Waals surface area contributed by atoms with Crippen molar-refractivity contribution in [3.8, 4) is 0 Å². The van der Waals surface area contributed by atoms with Gasteiger partial charge in [-0.05, 0) is 61.2 Å². The van der Waals surface area contributed by atoms with E-state index >= 15 is 0 Å². The number of carbonyl (C=O) groups excluding carboxylic acids is 2. The average molecular weight is 353 g/mol. The van der Waals surface area contributed by atoms with Crippen molar-refractivity contribution in [1.82, 2.24) is 5.32 Å². The fraction of sp³-hybridized carbons (Fsp3) is 0.333. The Morgan fingerprint density at radius 1 is 0.808 bits per heavy atom. The highest BCUT2D eigenvalue weighted by Crippen LogP contribution is 2.14. The summed E-state index contributed by atoms with van der Waals surface area (Å²) >= 11 is 0. The van der Waals surface area contributed by atoms with E-state index < -0.39 is 0 Å². The summed E-state index contributed by atoms with van der Waals surface area (Å²) in [4.78, 5) is 24.0. The number of hydrogen-bond acceptors (Lipinski definition) is 2. The van der Waals surface area contributed by atoms with E-state index in [0.29, 0.717) is 17.8 Å². The minimum atomic E-state index is -0.311. The molecule has 0 aromatic heterocycles. The van der Waals surface area contributed by atoms with Crippen LogP contribution in [0.25, 0.3) is 0 Å². The topological polar surface area (TPSA) is 70.2 Å². The molecular weight excluding hydrogens is 326 g/mol. The molecule has 3 amide bonds. The lowest BCUT2D eigenvalue weighted by molar-refractivity contribution is 0.0953. The fourth-order valence-corrected chi connectivity index (χ4v) is 2.47. The van der Waals surface area contributed by atoms with Crippen LogP contribution in [0, 0.1) is 0 Å². The van der Waals surface area contributed by atoms with E-state index in [1.54, 1.807) is 24.3 Å². The maximum absolute atomic E-state index is 12.1. The minimum Gasteiger partial charge on any atom is -0.352 e. The molecule has 2 rings (SSSR count). The first-order valence-corrected chi connectivity index (χ1v) is 9.17. The van der Waals surface area contributed by atoms with E-state index in [1.807, 2.05) is 31.2 Å². The summed E-state index contributed by atoms with van der Waals surface area (Å²) in [5.74, 6) is -0.106. The fourth-order valence-electron chi connectivity index (χ4n) is 2.47. The van der Waals surface area contributed by atoms with Crippen molar-refractivity contribution in [3.05, 3.63) is 59.7 Å². The molecule has 3 N–H and O–H groups in total. The third kappa shape index (κ3) is 6.24. The van der Waals surface area contributed by atoms with E-state index in [4.69, 9.17) is 0 Å². The van der Waals surface area contributed by atoms with Crippen LogP contribution in [0.15, 0.2) is 48.5 Å². The predicted molar refractivity (Wildman–Crippen MR) is 107 cm³/mol. The third-order valence-corrected chi connectivity index (χ3v) is 3.97. The maximum Gasteiger partial charge on any atom is 0.323 e. The molecule has 0 saturated heterocycles. The van der Waals surface area contributed by atoms with Crippen molar-refractivity contribution in [2.24, 2.45) is 0 Å². The molecule has 2 aromatic carbocycles. The standard InChI is InChI=1S/C21H27N3O2/c1-3-5-6-16-7-11-18(12-8-16)23-21(26)24-19-13-9-17(10-14-19)20(25)22-15-4-2/h7-14H,3-6,15H2,1-2H3,(H,22,25)(H2,23,24,26). The molecule has 0 bridgehead atoms. The van der Waals surface area contributed by atoms with Gasteiger partial charge in [0, 0.05) is 23.5 Å². The zero-order valence-corrected chi connectivity index (χ0v) is 15.5. The Morgan fingerprint density at radius 2 is 1.38 bits per heavy atom. The smallest absolute Gasteiger partial charge is 0.323 e. The summed E-state index contributed by atoms with van der Waals surface area (Å²) in [6.45, 7) is 4.83. The molecule has 0 spiro atoms. The first-order valence-electron chi connectivity index (χ1n) is 9.17. The molecule has 0 radical (unpaired) electrons. The number of carbonyl (C=O) groups is 2. The van der Waals surface area contributed by atoms with Crippen LogP contribution in [-0.2, 0) is 6.42 Å². The van der Waals surface area contributed by atoms with Crippen LogP contribution in [-0.4, -0.2) is 18.5 Å². The Bertz CT molecular complexity index is 709. The van der Waals surface area contributed by atoms with Gasteiger partial charge < -0.3 is 16.0 Å². The van der Waals surface area contributed by atoms with Crippen LogP contribution in [0.3, 0.4) is 0 Å². The molecule has 0 fully saturated rings. The molecule has 2 aromatic rings. The van der Waals surface area contributed by atoms with Crippen LogP contribution in [0.2, 0.25) is 0 Å². The van der Waals surface area contributed by atoms with Gasteiger partial charge in [0.05, 0.1) is 0 Å². The Balaban J connectivity index is 1.86. The van der Waals surface area contributed by atoms with Crippen LogP contribution in [0.1, 0.15) is 49.0 Å². The lowest BCUT2D eigenvalue weighted by Gasteiger charge is -2.09. The molecule has 26 heavy (non-hydrogen) atoms. The van der Waals surface area contributed by atoms with Crippen molar-refractivity contribution < 1.29 is 9.59 Å². The van der Waals surface area contributed by atoms with Gasteiger partial charge in [-0.3, -0.25) is 4.79 Å². The second-order valence-corrected chi connectivity index (χ2v) is 6.21. The van der Waals surface area contributed by atoms with Crippen molar-refractivity contribution in [1.29, 1.82) is 0 Å². The van der Waals surface area contributed by atoms with E-state index in [9.17, 15) is 9.59 Å². The second kappa shape index (κ2) is 10.2. The maximum atomic E-state index is 12.1. The lowest BCUT2D eigenvalue weighted by Crippen LogP contribution is -2.24. The SMILES string of the molecule is CCCCc1ccc(NC(=O)Nc2ccc(C(=O)NCCC)cc2)cc1. The van der Waals surface area contributed by atoms with Crippen LogP contribution < -0.4 is 16.0 Å². The summed E-state index contributed by atoms with van der Waals surface area (Å²) in [5.41, 5.74) is 3.23. The van der Waals surface area contributed by atoms with Gasteiger partial charge in [0.1, 0.15) is 0 Å². The monoisotopic (exact) mass is 353 g/mol. The van der Waals surface area contributed by atoms with Gasteiger partial charge >= 0.3 is 6.03 Å². The number of rotatable bonds is 8. The van der Waals surface area contributed by atoms with E-state index in [1.165, 1.54) is 18.4 Å². The first-order chi connectivity index (χ1) is 12.6. The van der Waals surface area contributed by atoms with Crippen molar-refractivity contribution in [2.75, 3.05) is 17.2 Å². The molecule has 0 aliphatic rings. The molecule has 0 aliphatic heterocycles. The number of anilines is 2.